The van der Waals surface area contributed by atoms with E-state index in [2.05, 4.69) is 6.58 Å². The van der Waals surface area contributed by atoms with Crippen molar-refractivity contribution in [3.63, 3.8) is 0 Å². The van der Waals surface area contributed by atoms with Crippen LogP contribution in [-0.4, -0.2) is 39.8 Å². The summed E-state index contributed by atoms with van der Waals surface area (Å²) in [6.07, 6.45) is 1.91. The van der Waals surface area contributed by atoms with Crippen LogP contribution in [0.1, 0.15) is 50.9 Å². The molecule has 0 saturated heterocycles. The molecule has 6 nitrogen and oxygen atoms in total. The lowest BCUT2D eigenvalue weighted by molar-refractivity contribution is -0.152. The molecule has 1 aromatic rings. The average molecular weight is 350 g/mol. The summed E-state index contributed by atoms with van der Waals surface area (Å²) in [4.78, 5) is 24.0. The van der Waals surface area contributed by atoms with Gasteiger partial charge in [0.15, 0.2) is 17.3 Å². The normalized spacial score (nSPS) is 13.8. The summed E-state index contributed by atoms with van der Waals surface area (Å²) in [5.74, 6) is -1.46. The van der Waals surface area contributed by atoms with E-state index in [1.165, 1.54) is 18.2 Å². The van der Waals surface area contributed by atoms with Gasteiger partial charge < -0.3 is 19.7 Å². The Balaban J connectivity index is 2.78. The van der Waals surface area contributed by atoms with Crippen molar-refractivity contribution >= 4 is 11.8 Å². The Kier molecular flexibility index (Phi) is 6.76. The highest BCUT2D eigenvalue weighted by Crippen LogP contribution is 2.29. The Bertz CT molecular complexity index is 649. The van der Waals surface area contributed by atoms with Gasteiger partial charge in [-0.15, -0.1) is 0 Å². The summed E-state index contributed by atoms with van der Waals surface area (Å²) < 4.78 is 11.0. The van der Waals surface area contributed by atoms with Gasteiger partial charge in [-0.1, -0.05) is 13.5 Å². The number of ketones is 1. The van der Waals surface area contributed by atoms with E-state index < -0.39 is 17.2 Å². The summed E-state index contributed by atoms with van der Waals surface area (Å²) in [5, 5.41) is 18.9. The quantitative estimate of drug-likeness (QED) is 0.307. The minimum absolute atomic E-state index is 0.206. The highest BCUT2D eigenvalue weighted by atomic mass is 16.6. The van der Waals surface area contributed by atoms with Crippen LogP contribution in [0.15, 0.2) is 30.9 Å². The first kappa shape index (κ1) is 20.7. The van der Waals surface area contributed by atoms with Gasteiger partial charge in [0.1, 0.15) is 11.2 Å². The number of carbonyl (C=O) groups is 2. The third-order valence-electron chi connectivity index (χ3n) is 4.06. The van der Waals surface area contributed by atoms with Crippen LogP contribution >= 0.6 is 0 Å². The van der Waals surface area contributed by atoms with Crippen molar-refractivity contribution in [1.29, 1.82) is 0 Å². The maximum atomic E-state index is 12.7. The zero-order valence-corrected chi connectivity index (χ0v) is 15.2. The van der Waals surface area contributed by atoms with Gasteiger partial charge in [-0.05, 0) is 45.4 Å². The SMILES string of the molecule is C=CC(=O)OC(C)(C)CCOC(C)(CC)C(=O)c1ccc(O)c(O)c1. The van der Waals surface area contributed by atoms with Crippen molar-refractivity contribution in [3.05, 3.63) is 36.4 Å². The van der Waals surface area contributed by atoms with E-state index in [0.717, 1.165) is 6.08 Å². The minimum Gasteiger partial charge on any atom is -0.504 e. The second-order valence-corrected chi connectivity index (χ2v) is 6.60. The Morgan fingerprint density at radius 2 is 1.84 bits per heavy atom. The van der Waals surface area contributed by atoms with Crippen LogP contribution in [0.2, 0.25) is 0 Å². The minimum atomic E-state index is -1.10. The lowest BCUT2D eigenvalue weighted by Gasteiger charge is -2.30. The molecule has 0 heterocycles. The number of esters is 1. The lowest BCUT2D eigenvalue weighted by atomic mass is 9.91. The van der Waals surface area contributed by atoms with Crippen LogP contribution in [0, 0.1) is 0 Å². The summed E-state index contributed by atoms with van der Waals surface area (Å²) in [7, 11) is 0. The fourth-order valence-electron chi connectivity index (χ4n) is 2.19. The predicted molar refractivity (Wildman–Crippen MR) is 93.7 cm³/mol. The Morgan fingerprint density at radius 1 is 1.20 bits per heavy atom. The van der Waals surface area contributed by atoms with Crippen LogP contribution in [0.4, 0.5) is 0 Å². The van der Waals surface area contributed by atoms with Gasteiger partial charge in [0.05, 0.1) is 6.61 Å². The van der Waals surface area contributed by atoms with Crippen molar-refractivity contribution in [2.45, 2.75) is 51.7 Å². The van der Waals surface area contributed by atoms with Gasteiger partial charge in [0.2, 0.25) is 0 Å². The van der Waals surface area contributed by atoms with Crippen LogP contribution in [0.3, 0.4) is 0 Å². The molecule has 2 N–H and O–H groups in total. The van der Waals surface area contributed by atoms with Crippen LogP contribution in [0.5, 0.6) is 11.5 Å². The van der Waals surface area contributed by atoms with Crippen molar-refractivity contribution in [3.8, 4) is 11.5 Å². The number of aromatic hydroxyl groups is 2. The number of carbonyl (C=O) groups excluding carboxylic acids is 2. The van der Waals surface area contributed by atoms with Crippen LogP contribution < -0.4 is 0 Å². The van der Waals surface area contributed by atoms with Crippen molar-refractivity contribution in [1.82, 2.24) is 0 Å². The van der Waals surface area contributed by atoms with Gasteiger partial charge in [-0.3, -0.25) is 4.79 Å². The van der Waals surface area contributed by atoms with Gasteiger partial charge >= 0.3 is 5.97 Å². The van der Waals surface area contributed by atoms with E-state index in [4.69, 9.17) is 9.47 Å². The first-order valence-electron chi connectivity index (χ1n) is 8.11. The molecule has 6 heteroatoms. The predicted octanol–water partition coefficient (Wildman–Crippen LogP) is 3.36. The summed E-state index contributed by atoms with van der Waals surface area (Å²) in [5.41, 5.74) is -1.60. The number of ether oxygens (including phenoxy) is 2. The van der Waals surface area contributed by atoms with Crippen LogP contribution in [-0.2, 0) is 14.3 Å². The number of Topliss-reactive ketones (excluding diaryl/α,β-unsaturated/α-hetero) is 1. The summed E-state index contributed by atoms with van der Waals surface area (Å²) in [6, 6.07) is 3.91. The Labute approximate surface area is 148 Å². The van der Waals surface area contributed by atoms with E-state index in [1.54, 1.807) is 20.8 Å². The number of rotatable bonds is 9. The molecular weight excluding hydrogens is 324 g/mol. The van der Waals surface area contributed by atoms with E-state index in [-0.39, 0.29) is 29.5 Å². The van der Waals surface area contributed by atoms with E-state index in [1.807, 2.05) is 6.92 Å². The second-order valence-electron chi connectivity index (χ2n) is 6.60. The molecule has 0 saturated carbocycles. The van der Waals surface area contributed by atoms with Gasteiger partial charge in [0, 0.05) is 18.1 Å². The Hall–Kier alpha value is -2.34. The molecule has 1 atom stereocenters. The van der Waals surface area contributed by atoms with Gasteiger partial charge in [-0.25, -0.2) is 4.79 Å². The molecule has 0 spiro atoms. The zero-order chi connectivity index (χ0) is 19.3. The smallest absolute Gasteiger partial charge is 0.330 e. The van der Waals surface area contributed by atoms with Crippen molar-refractivity contribution in [2.75, 3.05) is 6.61 Å². The molecule has 0 aliphatic carbocycles. The molecule has 0 aliphatic heterocycles. The van der Waals surface area contributed by atoms with Gasteiger partial charge in [-0.2, -0.15) is 0 Å². The van der Waals surface area contributed by atoms with Gasteiger partial charge in [0.25, 0.3) is 0 Å². The second kappa shape index (κ2) is 8.16. The van der Waals surface area contributed by atoms with E-state index >= 15 is 0 Å². The van der Waals surface area contributed by atoms with Crippen LogP contribution in [0.25, 0.3) is 0 Å². The monoisotopic (exact) mass is 350 g/mol. The first-order valence-corrected chi connectivity index (χ1v) is 8.11. The highest BCUT2D eigenvalue weighted by molar-refractivity contribution is 6.02. The molecule has 1 rings (SSSR count). The molecule has 0 fully saturated rings. The largest absolute Gasteiger partial charge is 0.504 e. The molecule has 1 unspecified atom stereocenters. The molecular formula is C19H26O6. The number of phenols is 2. The zero-order valence-electron chi connectivity index (χ0n) is 15.2. The topological polar surface area (TPSA) is 93.1 Å². The number of benzene rings is 1. The summed E-state index contributed by atoms with van der Waals surface area (Å²) >= 11 is 0. The van der Waals surface area contributed by atoms with Crippen molar-refractivity contribution in [2.24, 2.45) is 0 Å². The van der Waals surface area contributed by atoms with E-state index in [9.17, 15) is 19.8 Å². The maximum absolute atomic E-state index is 12.7. The molecule has 25 heavy (non-hydrogen) atoms. The fourth-order valence-corrected chi connectivity index (χ4v) is 2.19. The maximum Gasteiger partial charge on any atom is 0.330 e. The third-order valence-corrected chi connectivity index (χ3v) is 4.06. The molecule has 0 aromatic heterocycles. The van der Waals surface area contributed by atoms with Crippen molar-refractivity contribution < 1.29 is 29.3 Å². The Morgan fingerprint density at radius 3 is 2.36 bits per heavy atom. The lowest BCUT2D eigenvalue weighted by Crippen LogP contribution is -2.39. The molecule has 0 amide bonds. The fraction of sp³-hybridized carbons (Fsp3) is 0.474. The summed E-state index contributed by atoms with van der Waals surface area (Å²) in [6.45, 7) is 10.6. The molecule has 1 aromatic carbocycles. The molecule has 0 aliphatic rings. The highest BCUT2D eigenvalue weighted by Gasteiger charge is 2.34. The number of phenolic OH excluding ortho intramolecular Hbond substituents is 2. The van der Waals surface area contributed by atoms with E-state index in [0.29, 0.717) is 12.8 Å². The number of hydrogen-bond acceptors (Lipinski definition) is 6. The first-order chi connectivity index (χ1) is 11.5. The standard InChI is InChI=1S/C19H26O6/c1-6-16(22)25-18(3,4)10-11-24-19(5,7-2)17(23)13-8-9-14(20)15(21)12-13/h6,8-9,12,20-21H,1,7,10-11H2,2-5H3. The third kappa shape index (κ3) is 5.60. The average Bonchev–Trinajstić information content (AvgIpc) is 2.55. The molecule has 138 valence electrons. The number of hydrogen-bond donors (Lipinski definition) is 2. The molecule has 0 bridgehead atoms. The molecule has 0 radical (unpaired) electrons.